The monoisotopic (exact) mass is 219 g/mol. The summed E-state index contributed by atoms with van der Waals surface area (Å²) < 4.78 is 12.9. The third kappa shape index (κ3) is 2.46. The number of hydrogen-bond acceptors (Lipinski definition) is 4. The molecule has 5 heteroatoms. The van der Waals surface area contributed by atoms with Crippen molar-refractivity contribution in [3.05, 3.63) is 48.4 Å². The van der Waals surface area contributed by atoms with Crippen LogP contribution in [0.2, 0.25) is 0 Å². The quantitative estimate of drug-likeness (QED) is 0.695. The second-order valence-corrected chi connectivity index (χ2v) is 3.18. The largest absolute Gasteiger partial charge is 0.340 e. The minimum absolute atomic E-state index is 0.318. The van der Waals surface area contributed by atoms with Crippen LogP contribution in [0.25, 0.3) is 0 Å². The summed E-state index contributed by atoms with van der Waals surface area (Å²) in [5.41, 5.74) is 3.12. The summed E-state index contributed by atoms with van der Waals surface area (Å²) in [6.07, 6.45) is 1.53. The first kappa shape index (κ1) is 10.4. The van der Waals surface area contributed by atoms with Crippen molar-refractivity contribution in [2.24, 2.45) is 0 Å². The highest BCUT2D eigenvalue weighted by Crippen LogP contribution is 2.17. The van der Waals surface area contributed by atoms with Crippen molar-refractivity contribution in [3.8, 4) is 0 Å². The number of hydrogen-bond donors (Lipinski definition) is 3. The summed E-state index contributed by atoms with van der Waals surface area (Å²) in [4.78, 5) is 4.03. The molecule has 0 atom stereocenters. The van der Waals surface area contributed by atoms with Crippen LogP contribution in [0, 0.1) is 5.82 Å². The van der Waals surface area contributed by atoms with E-state index in [0.717, 1.165) is 0 Å². The molecule has 0 bridgehead atoms. The third-order valence-corrected chi connectivity index (χ3v) is 1.99. The summed E-state index contributed by atoms with van der Waals surface area (Å²) in [6, 6.07) is 9.27. The van der Waals surface area contributed by atoms with Crippen LogP contribution < -0.4 is 10.8 Å². The van der Waals surface area contributed by atoms with Crippen LogP contribution in [0.3, 0.4) is 0 Å². The average Bonchev–Trinajstić information content (AvgIpc) is 2.29. The predicted molar refractivity (Wildman–Crippen MR) is 59.3 cm³/mol. The van der Waals surface area contributed by atoms with Gasteiger partial charge in [0.2, 0.25) is 0 Å². The second kappa shape index (κ2) is 4.59. The van der Waals surface area contributed by atoms with Gasteiger partial charge in [0, 0.05) is 18.0 Å². The molecule has 1 aromatic carbocycles. The van der Waals surface area contributed by atoms with E-state index in [0.29, 0.717) is 17.2 Å². The van der Waals surface area contributed by atoms with Crippen molar-refractivity contribution in [1.82, 2.24) is 4.98 Å². The molecule has 0 fully saturated rings. The Morgan fingerprint density at radius 2 is 2.00 bits per heavy atom. The summed E-state index contributed by atoms with van der Waals surface area (Å²) in [5.74, 6) is 0.200. The Balaban J connectivity index is 2.20. The second-order valence-electron chi connectivity index (χ2n) is 3.18. The van der Waals surface area contributed by atoms with Gasteiger partial charge in [0.1, 0.15) is 11.6 Å². The van der Waals surface area contributed by atoms with Gasteiger partial charge in [0.05, 0.1) is 5.69 Å². The molecular formula is C11H10FN3O. The maximum atomic E-state index is 12.9. The van der Waals surface area contributed by atoms with Crippen LogP contribution in [0.1, 0.15) is 0 Å². The molecule has 2 aromatic rings. The van der Waals surface area contributed by atoms with Gasteiger partial charge in [-0.25, -0.2) is 9.37 Å². The fraction of sp³-hybridized carbons (Fsp3) is 0. The molecule has 0 saturated carbocycles. The molecule has 82 valence electrons. The maximum absolute atomic E-state index is 12.9. The van der Waals surface area contributed by atoms with Crippen LogP contribution in [-0.4, -0.2) is 10.2 Å². The molecule has 0 spiro atoms. The van der Waals surface area contributed by atoms with Crippen LogP contribution in [-0.2, 0) is 0 Å². The van der Waals surface area contributed by atoms with Crippen molar-refractivity contribution in [2.75, 3.05) is 10.8 Å². The van der Waals surface area contributed by atoms with Crippen molar-refractivity contribution >= 4 is 17.2 Å². The highest BCUT2D eigenvalue weighted by Gasteiger charge is 1.98. The molecule has 0 aliphatic rings. The summed E-state index contributed by atoms with van der Waals surface area (Å²) >= 11 is 0. The van der Waals surface area contributed by atoms with Crippen molar-refractivity contribution in [2.45, 2.75) is 0 Å². The zero-order chi connectivity index (χ0) is 11.4. The minimum atomic E-state index is -0.318. The summed E-state index contributed by atoms with van der Waals surface area (Å²) in [6.45, 7) is 0. The molecule has 4 nitrogen and oxygen atoms in total. The van der Waals surface area contributed by atoms with Gasteiger partial charge >= 0.3 is 0 Å². The number of halogens is 1. The van der Waals surface area contributed by atoms with E-state index >= 15 is 0 Å². The van der Waals surface area contributed by atoms with Crippen molar-refractivity contribution in [3.63, 3.8) is 0 Å². The average molecular weight is 219 g/mol. The molecule has 2 rings (SSSR count). The van der Waals surface area contributed by atoms with E-state index in [-0.39, 0.29) is 5.82 Å². The predicted octanol–water partition coefficient (Wildman–Crippen LogP) is 2.77. The van der Waals surface area contributed by atoms with E-state index in [1.165, 1.54) is 18.3 Å². The Morgan fingerprint density at radius 1 is 1.12 bits per heavy atom. The molecule has 16 heavy (non-hydrogen) atoms. The van der Waals surface area contributed by atoms with E-state index in [1.807, 2.05) is 5.48 Å². The SMILES string of the molecule is ONc1ccnc(Nc2cccc(F)c2)c1. The van der Waals surface area contributed by atoms with Gasteiger partial charge in [-0.3, -0.25) is 10.7 Å². The first-order valence-corrected chi connectivity index (χ1v) is 4.67. The normalized spacial score (nSPS) is 9.88. The van der Waals surface area contributed by atoms with E-state index in [2.05, 4.69) is 10.3 Å². The Kier molecular flexibility index (Phi) is 2.98. The fourth-order valence-corrected chi connectivity index (χ4v) is 1.28. The van der Waals surface area contributed by atoms with Crippen LogP contribution in [0.15, 0.2) is 42.6 Å². The number of aromatic nitrogens is 1. The van der Waals surface area contributed by atoms with Crippen molar-refractivity contribution in [1.29, 1.82) is 0 Å². The summed E-state index contributed by atoms with van der Waals surface area (Å²) in [5, 5.41) is 11.6. The molecular weight excluding hydrogens is 209 g/mol. The zero-order valence-corrected chi connectivity index (χ0v) is 8.31. The Labute approximate surface area is 91.7 Å². The van der Waals surface area contributed by atoms with Gasteiger partial charge < -0.3 is 5.32 Å². The number of nitrogens with one attached hydrogen (secondary N) is 2. The van der Waals surface area contributed by atoms with Crippen LogP contribution >= 0.6 is 0 Å². The Bertz CT molecular complexity index is 490. The first-order chi connectivity index (χ1) is 7.78. The van der Waals surface area contributed by atoms with Crippen LogP contribution in [0.4, 0.5) is 21.6 Å². The highest BCUT2D eigenvalue weighted by atomic mass is 19.1. The zero-order valence-electron chi connectivity index (χ0n) is 8.31. The van der Waals surface area contributed by atoms with Gasteiger partial charge in [0.25, 0.3) is 0 Å². The molecule has 0 unspecified atom stereocenters. The number of rotatable bonds is 3. The number of benzene rings is 1. The topological polar surface area (TPSA) is 57.2 Å². The number of nitrogens with zero attached hydrogens (tertiary/aromatic N) is 1. The lowest BCUT2D eigenvalue weighted by Gasteiger charge is -2.06. The first-order valence-electron chi connectivity index (χ1n) is 4.67. The standard InChI is InChI=1S/C11H10FN3O/c12-8-2-1-3-9(6-8)14-11-7-10(15-16)4-5-13-11/h1-7,16H,(H2,13,14,15). The molecule has 0 saturated heterocycles. The molecule has 0 aliphatic carbocycles. The number of anilines is 3. The lowest BCUT2D eigenvalue weighted by molar-refractivity contribution is 0.389. The Morgan fingerprint density at radius 3 is 2.75 bits per heavy atom. The van der Waals surface area contributed by atoms with Crippen molar-refractivity contribution < 1.29 is 9.60 Å². The smallest absolute Gasteiger partial charge is 0.132 e. The van der Waals surface area contributed by atoms with E-state index in [1.54, 1.807) is 24.3 Å². The highest BCUT2D eigenvalue weighted by molar-refractivity contribution is 5.60. The molecule has 0 radical (unpaired) electrons. The van der Waals surface area contributed by atoms with Crippen LogP contribution in [0.5, 0.6) is 0 Å². The molecule has 0 amide bonds. The minimum Gasteiger partial charge on any atom is -0.340 e. The Hall–Kier alpha value is -2.14. The molecule has 0 aliphatic heterocycles. The molecule has 1 aromatic heterocycles. The molecule has 1 heterocycles. The third-order valence-electron chi connectivity index (χ3n) is 1.99. The fourth-order valence-electron chi connectivity index (χ4n) is 1.28. The molecule has 3 N–H and O–H groups in total. The van der Waals surface area contributed by atoms with E-state index in [4.69, 9.17) is 5.21 Å². The van der Waals surface area contributed by atoms with Gasteiger partial charge in [0.15, 0.2) is 0 Å². The lowest BCUT2D eigenvalue weighted by Crippen LogP contribution is -1.96. The number of pyridine rings is 1. The van der Waals surface area contributed by atoms with Gasteiger partial charge in [-0.15, -0.1) is 0 Å². The lowest BCUT2D eigenvalue weighted by atomic mass is 10.3. The summed E-state index contributed by atoms with van der Waals surface area (Å²) in [7, 11) is 0. The van der Waals surface area contributed by atoms with E-state index < -0.39 is 0 Å². The maximum Gasteiger partial charge on any atom is 0.132 e. The van der Waals surface area contributed by atoms with E-state index in [9.17, 15) is 4.39 Å². The van der Waals surface area contributed by atoms with Gasteiger partial charge in [-0.05, 0) is 24.3 Å². The van der Waals surface area contributed by atoms with Gasteiger partial charge in [-0.1, -0.05) is 6.07 Å². The van der Waals surface area contributed by atoms with Gasteiger partial charge in [-0.2, -0.15) is 0 Å².